The highest BCUT2D eigenvalue weighted by atomic mass is 16.2. The molecule has 2 aliphatic heterocycles. The van der Waals surface area contributed by atoms with Gasteiger partial charge in [0.15, 0.2) is 0 Å². The Hall–Kier alpha value is -1.75. The van der Waals surface area contributed by atoms with Crippen LogP contribution in [0.25, 0.3) is 10.4 Å². The van der Waals surface area contributed by atoms with Crippen LogP contribution in [0, 0.1) is 5.92 Å². The molecule has 18 heavy (non-hydrogen) atoms. The fourth-order valence-corrected chi connectivity index (χ4v) is 2.60. The molecule has 2 unspecified atom stereocenters. The first-order chi connectivity index (χ1) is 8.72. The molecule has 0 aromatic heterocycles. The zero-order valence-corrected chi connectivity index (χ0v) is 10.2. The third kappa shape index (κ3) is 2.73. The van der Waals surface area contributed by atoms with Gasteiger partial charge in [-0.05, 0) is 30.7 Å². The summed E-state index contributed by atoms with van der Waals surface area (Å²) in [7, 11) is 0. The number of nitrogens with zero attached hydrogens (tertiary/aromatic N) is 4. The van der Waals surface area contributed by atoms with Gasteiger partial charge in [-0.1, -0.05) is 5.11 Å². The minimum Gasteiger partial charge on any atom is -0.354 e. The number of likely N-dealkylation sites (tertiary alicyclic amines) is 1. The van der Waals surface area contributed by atoms with Crippen LogP contribution in [0.4, 0.5) is 0 Å². The Kier molecular flexibility index (Phi) is 4.04. The monoisotopic (exact) mass is 251 g/mol. The van der Waals surface area contributed by atoms with E-state index in [0.717, 1.165) is 19.3 Å². The molecule has 0 aliphatic carbocycles. The molecule has 2 heterocycles. The Morgan fingerprint density at radius 1 is 1.44 bits per heavy atom. The molecule has 2 amide bonds. The SMILES string of the molecule is [N-]=[N+]=NCC1CC(=O)N(C2CCCCNC2=O)C1. The van der Waals surface area contributed by atoms with Crippen LogP contribution in [0.2, 0.25) is 0 Å². The predicted octanol–water partition coefficient (Wildman–Crippen LogP) is 0.814. The van der Waals surface area contributed by atoms with Gasteiger partial charge in [-0.15, -0.1) is 0 Å². The van der Waals surface area contributed by atoms with E-state index in [1.165, 1.54) is 0 Å². The van der Waals surface area contributed by atoms with E-state index in [9.17, 15) is 9.59 Å². The summed E-state index contributed by atoms with van der Waals surface area (Å²) in [6.07, 6.45) is 3.02. The van der Waals surface area contributed by atoms with Crippen LogP contribution >= 0.6 is 0 Å². The van der Waals surface area contributed by atoms with Crippen molar-refractivity contribution in [1.82, 2.24) is 10.2 Å². The summed E-state index contributed by atoms with van der Waals surface area (Å²) >= 11 is 0. The van der Waals surface area contributed by atoms with Gasteiger partial charge in [0.25, 0.3) is 0 Å². The largest absolute Gasteiger partial charge is 0.354 e. The van der Waals surface area contributed by atoms with Gasteiger partial charge in [0, 0.05) is 31.0 Å². The van der Waals surface area contributed by atoms with E-state index in [4.69, 9.17) is 5.53 Å². The highest BCUT2D eigenvalue weighted by Gasteiger charge is 2.37. The lowest BCUT2D eigenvalue weighted by molar-refractivity contribution is -0.137. The number of carbonyl (C=O) groups excluding carboxylic acids is 2. The number of azide groups is 1. The van der Waals surface area contributed by atoms with Crippen molar-refractivity contribution in [2.24, 2.45) is 11.0 Å². The molecule has 2 fully saturated rings. The quantitative estimate of drug-likeness (QED) is 0.456. The first kappa shape index (κ1) is 12.7. The minimum atomic E-state index is -0.337. The van der Waals surface area contributed by atoms with Gasteiger partial charge in [0.1, 0.15) is 6.04 Å². The van der Waals surface area contributed by atoms with Crippen LogP contribution in [0.15, 0.2) is 5.11 Å². The van der Waals surface area contributed by atoms with Crippen LogP contribution in [-0.2, 0) is 9.59 Å². The number of carbonyl (C=O) groups is 2. The molecule has 2 aliphatic rings. The van der Waals surface area contributed by atoms with E-state index in [1.807, 2.05) is 0 Å². The number of hydrogen-bond acceptors (Lipinski definition) is 3. The maximum Gasteiger partial charge on any atom is 0.242 e. The summed E-state index contributed by atoms with van der Waals surface area (Å²) in [4.78, 5) is 28.2. The summed E-state index contributed by atoms with van der Waals surface area (Å²) in [5.74, 6) is -0.00933. The summed E-state index contributed by atoms with van der Waals surface area (Å²) in [6.45, 7) is 1.54. The topological polar surface area (TPSA) is 98.2 Å². The zero-order chi connectivity index (χ0) is 13.0. The van der Waals surface area contributed by atoms with Crippen molar-refractivity contribution in [3.8, 4) is 0 Å². The van der Waals surface area contributed by atoms with Crippen LogP contribution in [0.5, 0.6) is 0 Å². The van der Waals surface area contributed by atoms with Gasteiger partial charge in [-0.3, -0.25) is 9.59 Å². The zero-order valence-electron chi connectivity index (χ0n) is 10.2. The van der Waals surface area contributed by atoms with E-state index < -0.39 is 0 Å². The van der Waals surface area contributed by atoms with Gasteiger partial charge >= 0.3 is 0 Å². The summed E-state index contributed by atoms with van der Waals surface area (Å²) in [5.41, 5.74) is 8.28. The maximum absolute atomic E-state index is 11.9. The Morgan fingerprint density at radius 3 is 3.06 bits per heavy atom. The summed E-state index contributed by atoms with van der Waals surface area (Å²) < 4.78 is 0. The van der Waals surface area contributed by atoms with E-state index >= 15 is 0 Å². The van der Waals surface area contributed by atoms with Crippen LogP contribution in [-0.4, -0.2) is 42.4 Å². The number of amides is 2. The second kappa shape index (κ2) is 5.73. The second-order valence-electron chi connectivity index (χ2n) is 4.83. The van der Waals surface area contributed by atoms with E-state index in [0.29, 0.717) is 26.1 Å². The lowest BCUT2D eigenvalue weighted by Gasteiger charge is -2.25. The molecule has 2 rings (SSSR count). The lowest BCUT2D eigenvalue weighted by Crippen LogP contribution is -2.46. The Labute approximate surface area is 105 Å². The van der Waals surface area contributed by atoms with Gasteiger partial charge in [0.2, 0.25) is 11.8 Å². The molecule has 0 spiro atoms. The average Bonchev–Trinajstić information content (AvgIpc) is 2.58. The predicted molar refractivity (Wildman–Crippen MR) is 64.5 cm³/mol. The fourth-order valence-electron chi connectivity index (χ4n) is 2.60. The third-order valence-corrected chi connectivity index (χ3v) is 3.52. The molecule has 0 radical (unpaired) electrons. The molecule has 0 aromatic carbocycles. The van der Waals surface area contributed by atoms with Crippen molar-refractivity contribution in [3.63, 3.8) is 0 Å². The highest BCUT2D eigenvalue weighted by Crippen LogP contribution is 2.23. The molecule has 2 atom stereocenters. The second-order valence-corrected chi connectivity index (χ2v) is 4.83. The molecular formula is C11H17N5O2. The molecule has 7 nitrogen and oxygen atoms in total. The van der Waals surface area contributed by atoms with E-state index in [2.05, 4.69) is 15.3 Å². The number of hydrogen-bond donors (Lipinski definition) is 1. The minimum absolute atomic E-state index is 0.00445. The lowest BCUT2D eigenvalue weighted by atomic mass is 10.1. The molecule has 0 saturated carbocycles. The van der Waals surface area contributed by atoms with Crippen molar-refractivity contribution in [1.29, 1.82) is 0 Å². The van der Waals surface area contributed by atoms with Crippen molar-refractivity contribution in [2.45, 2.75) is 31.7 Å². The van der Waals surface area contributed by atoms with Crippen LogP contribution in [0.1, 0.15) is 25.7 Å². The number of rotatable bonds is 3. The van der Waals surface area contributed by atoms with Crippen LogP contribution in [0.3, 0.4) is 0 Å². The van der Waals surface area contributed by atoms with Crippen molar-refractivity contribution in [2.75, 3.05) is 19.6 Å². The van der Waals surface area contributed by atoms with Gasteiger partial charge in [0.05, 0.1) is 0 Å². The van der Waals surface area contributed by atoms with E-state index in [1.54, 1.807) is 4.90 Å². The fraction of sp³-hybridized carbons (Fsp3) is 0.818. The first-order valence-corrected chi connectivity index (χ1v) is 6.30. The standard InChI is InChI=1S/C11H17N5O2/c12-15-14-6-8-5-10(17)16(7-8)9-3-1-2-4-13-11(9)18/h8-9H,1-7H2,(H,13,18). The maximum atomic E-state index is 11.9. The van der Waals surface area contributed by atoms with E-state index in [-0.39, 0.29) is 23.8 Å². The number of nitrogens with one attached hydrogen (secondary N) is 1. The Balaban J connectivity index is 2.01. The Morgan fingerprint density at radius 2 is 2.28 bits per heavy atom. The molecular weight excluding hydrogens is 234 g/mol. The summed E-state index contributed by atoms with van der Waals surface area (Å²) in [6, 6.07) is -0.337. The van der Waals surface area contributed by atoms with Crippen molar-refractivity contribution in [3.05, 3.63) is 10.4 Å². The normalized spacial score (nSPS) is 28.6. The van der Waals surface area contributed by atoms with Crippen molar-refractivity contribution >= 4 is 11.8 Å². The molecule has 0 aromatic rings. The molecule has 1 N–H and O–H groups in total. The van der Waals surface area contributed by atoms with Gasteiger partial charge in [-0.25, -0.2) is 0 Å². The van der Waals surface area contributed by atoms with Gasteiger partial charge in [-0.2, -0.15) is 0 Å². The van der Waals surface area contributed by atoms with Crippen LogP contribution < -0.4 is 5.32 Å². The Bertz CT molecular complexity index is 391. The molecule has 7 heteroatoms. The molecule has 2 saturated heterocycles. The van der Waals surface area contributed by atoms with Crippen molar-refractivity contribution < 1.29 is 9.59 Å². The highest BCUT2D eigenvalue weighted by molar-refractivity contribution is 5.88. The molecule has 0 bridgehead atoms. The first-order valence-electron chi connectivity index (χ1n) is 6.30. The molecule has 98 valence electrons. The smallest absolute Gasteiger partial charge is 0.242 e. The van der Waals surface area contributed by atoms with Gasteiger partial charge < -0.3 is 10.2 Å². The summed E-state index contributed by atoms with van der Waals surface area (Å²) in [5, 5.41) is 6.34. The third-order valence-electron chi connectivity index (χ3n) is 3.52. The average molecular weight is 251 g/mol.